The minimum Gasteiger partial charge on any atom is -0.493 e. The first-order valence-corrected chi connectivity index (χ1v) is 11.0. The number of anilines is 1. The van der Waals surface area contributed by atoms with Gasteiger partial charge in [0.1, 0.15) is 18.8 Å². The van der Waals surface area contributed by atoms with E-state index in [1.54, 1.807) is 30.3 Å². The second-order valence-electron chi connectivity index (χ2n) is 7.98. The summed E-state index contributed by atoms with van der Waals surface area (Å²) < 4.78 is 11.3. The molecule has 4 amide bonds. The van der Waals surface area contributed by atoms with Crippen LogP contribution in [0.3, 0.4) is 0 Å². The Balaban J connectivity index is 1.43. The molecule has 35 heavy (non-hydrogen) atoms. The topological polar surface area (TPSA) is 97.0 Å². The Kier molecular flexibility index (Phi) is 7.11. The van der Waals surface area contributed by atoms with Gasteiger partial charge in [-0.05, 0) is 54.0 Å². The van der Waals surface area contributed by atoms with E-state index >= 15 is 0 Å². The summed E-state index contributed by atoms with van der Waals surface area (Å²) in [5, 5.41) is 5.22. The van der Waals surface area contributed by atoms with E-state index in [4.69, 9.17) is 9.47 Å². The monoisotopic (exact) mass is 471 g/mol. The normalized spacial score (nSPS) is 14.1. The molecule has 0 spiro atoms. The zero-order valence-corrected chi connectivity index (χ0v) is 19.4. The maximum atomic E-state index is 12.8. The molecule has 0 bridgehead atoms. The van der Waals surface area contributed by atoms with Crippen LogP contribution in [-0.2, 0) is 16.2 Å². The lowest BCUT2D eigenvalue weighted by Gasteiger charge is -2.12. The molecule has 178 valence electrons. The Morgan fingerprint density at radius 1 is 1.00 bits per heavy atom. The highest BCUT2D eigenvalue weighted by Crippen LogP contribution is 2.30. The van der Waals surface area contributed by atoms with Crippen molar-refractivity contribution in [3.05, 3.63) is 95.2 Å². The molecule has 4 rings (SSSR count). The molecule has 1 fully saturated rings. The average Bonchev–Trinajstić information content (AvgIpc) is 3.11. The summed E-state index contributed by atoms with van der Waals surface area (Å²) in [6.07, 6.45) is 1.53. The Bertz CT molecular complexity index is 1290. The molecular weight excluding hydrogens is 446 g/mol. The largest absolute Gasteiger partial charge is 0.493 e. The van der Waals surface area contributed by atoms with Crippen molar-refractivity contribution in [3.8, 4) is 11.5 Å². The van der Waals surface area contributed by atoms with E-state index in [0.717, 1.165) is 16.0 Å². The van der Waals surface area contributed by atoms with Crippen molar-refractivity contribution in [2.24, 2.45) is 0 Å². The highest BCUT2D eigenvalue weighted by atomic mass is 16.5. The molecule has 1 saturated heterocycles. The van der Waals surface area contributed by atoms with Gasteiger partial charge in [0.25, 0.3) is 5.91 Å². The standard InChI is InChI=1S/C27H25N3O5/c1-18-7-6-10-21(13-18)28-25(31)16-30-26(32)22(29-27(30)33)14-20-11-12-23(24(15-20)34-2)35-17-19-8-4-3-5-9-19/h3-15H,16-17H2,1-2H3,(H,28,31)(H,29,33)/b22-14+. The second kappa shape index (κ2) is 10.6. The number of urea groups is 1. The van der Waals surface area contributed by atoms with Crippen molar-refractivity contribution in [1.29, 1.82) is 0 Å². The Morgan fingerprint density at radius 3 is 2.54 bits per heavy atom. The van der Waals surface area contributed by atoms with Crippen LogP contribution < -0.4 is 20.1 Å². The number of aryl methyl sites for hydroxylation is 1. The fourth-order valence-electron chi connectivity index (χ4n) is 3.58. The average molecular weight is 472 g/mol. The van der Waals surface area contributed by atoms with Crippen LogP contribution in [0.25, 0.3) is 6.08 Å². The smallest absolute Gasteiger partial charge is 0.329 e. The summed E-state index contributed by atoms with van der Waals surface area (Å²) in [6.45, 7) is 1.89. The number of methoxy groups -OCH3 is 1. The van der Waals surface area contributed by atoms with Crippen LogP contribution in [0.4, 0.5) is 10.5 Å². The van der Waals surface area contributed by atoms with E-state index in [-0.39, 0.29) is 5.70 Å². The molecule has 1 aliphatic heterocycles. The van der Waals surface area contributed by atoms with Gasteiger partial charge in [-0.2, -0.15) is 0 Å². The summed E-state index contributed by atoms with van der Waals surface area (Å²) in [5.74, 6) is -0.0177. The van der Waals surface area contributed by atoms with Crippen LogP contribution in [0.1, 0.15) is 16.7 Å². The van der Waals surface area contributed by atoms with Gasteiger partial charge in [0.2, 0.25) is 5.91 Å². The van der Waals surface area contributed by atoms with E-state index in [9.17, 15) is 14.4 Å². The molecule has 0 atom stereocenters. The number of ether oxygens (including phenoxy) is 2. The molecule has 3 aromatic rings. The summed E-state index contributed by atoms with van der Waals surface area (Å²) in [6, 6.07) is 21.5. The van der Waals surface area contributed by atoms with Crippen molar-refractivity contribution in [1.82, 2.24) is 10.2 Å². The van der Waals surface area contributed by atoms with Gasteiger partial charge < -0.3 is 20.1 Å². The molecule has 1 aliphatic rings. The third kappa shape index (κ3) is 5.86. The van der Waals surface area contributed by atoms with E-state index in [2.05, 4.69) is 10.6 Å². The molecule has 2 N–H and O–H groups in total. The molecule has 3 aromatic carbocycles. The van der Waals surface area contributed by atoms with Crippen molar-refractivity contribution in [2.45, 2.75) is 13.5 Å². The number of carbonyl (C=O) groups excluding carboxylic acids is 3. The Morgan fingerprint density at radius 2 is 1.80 bits per heavy atom. The molecule has 1 heterocycles. The zero-order valence-electron chi connectivity index (χ0n) is 19.4. The molecule has 8 nitrogen and oxygen atoms in total. The molecule has 0 unspecified atom stereocenters. The summed E-state index contributed by atoms with van der Waals surface area (Å²) >= 11 is 0. The zero-order chi connectivity index (χ0) is 24.8. The number of hydrogen-bond acceptors (Lipinski definition) is 5. The maximum absolute atomic E-state index is 12.8. The fourth-order valence-corrected chi connectivity index (χ4v) is 3.58. The van der Waals surface area contributed by atoms with E-state index in [0.29, 0.717) is 29.4 Å². The van der Waals surface area contributed by atoms with Crippen LogP contribution in [0, 0.1) is 6.92 Å². The fraction of sp³-hybridized carbons (Fsp3) is 0.148. The summed E-state index contributed by atoms with van der Waals surface area (Å²) in [4.78, 5) is 38.4. The van der Waals surface area contributed by atoms with Gasteiger partial charge in [-0.25, -0.2) is 9.69 Å². The van der Waals surface area contributed by atoms with Crippen molar-refractivity contribution < 1.29 is 23.9 Å². The number of amides is 4. The first-order valence-electron chi connectivity index (χ1n) is 11.0. The lowest BCUT2D eigenvalue weighted by atomic mass is 10.1. The quantitative estimate of drug-likeness (QED) is 0.381. The van der Waals surface area contributed by atoms with Crippen molar-refractivity contribution >= 4 is 29.6 Å². The lowest BCUT2D eigenvalue weighted by Crippen LogP contribution is -2.38. The predicted molar refractivity (Wildman–Crippen MR) is 132 cm³/mol. The molecule has 0 aliphatic carbocycles. The van der Waals surface area contributed by atoms with Gasteiger partial charge in [-0.3, -0.25) is 9.59 Å². The van der Waals surface area contributed by atoms with Crippen LogP contribution in [0.5, 0.6) is 11.5 Å². The highest BCUT2D eigenvalue weighted by Gasteiger charge is 2.35. The van der Waals surface area contributed by atoms with Gasteiger partial charge in [-0.1, -0.05) is 48.5 Å². The van der Waals surface area contributed by atoms with Gasteiger partial charge in [0.05, 0.1) is 7.11 Å². The number of carbonyl (C=O) groups is 3. The molecule has 8 heteroatoms. The van der Waals surface area contributed by atoms with Crippen LogP contribution in [-0.4, -0.2) is 36.4 Å². The maximum Gasteiger partial charge on any atom is 0.329 e. The van der Waals surface area contributed by atoms with Crippen LogP contribution in [0.2, 0.25) is 0 Å². The van der Waals surface area contributed by atoms with Crippen molar-refractivity contribution in [2.75, 3.05) is 19.0 Å². The predicted octanol–water partition coefficient (Wildman–Crippen LogP) is 4.11. The van der Waals surface area contributed by atoms with Crippen LogP contribution >= 0.6 is 0 Å². The van der Waals surface area contributed by atoms with Gasteiger partial charge in [-0.15, -0.1) is 0 Å². The Labute approximate surface area is 203 Å². The van der Waals surface area contributed by atoms with Crippen LogP contribution in [0.15, 0.2) is 78.5 Å². The first-order chi connectivity index (χ1) is 16.9. The number of imide groups is 1. The summed E-state index contributed by atoms with van der Waals surface area (Å²) in [5.41, 5.74) is 3.29. The van der Waals surface area contributed by atoms with Gasteiger partial charge >= 0.3 is 6.03 Å². The number of rotatable bonds is 8. The number of hydrogen-bond donors (Lipinski definition) is 2. The molecular formula is C27H25N3O5. The highest BCUT2D eigenvalue weighted by molar-refractivity contribution is 6.16. The third-order valence-electron chi connectivity index (χ3n) is 5.30. The Hall–Kier alpha value is -4.59. The van der Waals surface area contributed by atoms with Crippen molar-refractivity contribution in [3.63, 3.8) is 0 Å². The summed E-state index contributed by atoms with van der Waals surface area (Å²) in [7, 11) is 1.53. The van der Waals surface area contributed by atoms with E-state index in [1.165, 1.54) is 13.2 Å². The number of nitrogens with one attached hydrogen (secondary N) is 2. The lowest BCUT2D eigenvalue weighted by molar-refractivity contribution is -0.127. The number of benzene rings is 3. The molecule has 0 radical (unpaired) electrons. The number of nitrogens with zero attached hydrogens (tertiary/aromatic N) is 1. The van der Waals surface area contributed by atoms with Gasteiger partial charge in [0, 0.05) is 5.69 Å². The van der Waals surface area contributed by atoms with E-state index in [1.807, 2.05) is 49.4 Å². The SMILES string of the molecule is COc1cc(/C=C2/NC(=O)N(CC(=O)Nc3cccc(C)c3)C2=O)ccc1OCc1ccccc1. The van der Waals surface area contributed by atoms with Gasteiger partial charge in [0.15, 0.2) is 11.5 Å². The third-order valence-corrected chi connectivity index (χ3v) is 5.30. The minimum absolute atomic E-state index is 0.0679. The first kappa shape index (κ1) is 23.6. The minimum atomic E-state index is -0.657. The molecule has 0 aromatic heterocycles. The molecule has 0 saturated carbocycles. The van der Waals surface area contributed by atoms with E-state index < -0.39 is 24.4 Å². The second-order valence-corrected chi connectivity index (χ2v) is 7.98.